The summed E-state index contributed by atoms with van der Waals surface area (Å²) in [6, 6.07) is 15.3. The lowest BCUT2D eigenvalue weighted by Gasteiger charge is -2.35. The first-order valence-electron chi connectivity index (χ1n) is 8.60. The number of anilines is 2. The van der Waals surface area contributed by atoms with Crippen molar-refractivity contribution in [2.24, 2.45) is 0 Å². The minimum absolute atomic E-state index is 0.0257. The molecule has 4 rings (SSSR count). The summed E-state index contributed by atoms with van der Waals surface area (Å²) in [7, 11) is 0. The molecule has 0 fully saturated rings. The quantitative estimate of drug-likeness (QED) is 0.847. The second kappa shape index (κ2) is 6.24. The molecule has 0 radical (unpaired) electrons. The van der Waals surface area contributed by atoms with Gasteiger partial charge in [-0.15, -0.1) is 0 Å². The van der Waals surface area contributed by atoms with Crippen LogP contribution in [0.5, 0.6) is 5.75 Å². The van der Waals surface area contributed by atoms with E-state index in [1.165, 1.54) is 5.56 Å². The molecule has 0 unspecified atom stereocenters. The predicted molar refractivity (Wildman–Crippen MR) is 96.0 cm³/mol. The maximum Gasteiger partial charge on any atom is 0.268 e. The van der Waals surface area contributed by atoms with Gasteiger partial charge in [-0.05, 0) is 43.5 Å². The maximum absolute atomic E-state index is 13.0. The van der Waals surface area contributed by atoms with Gasteiger partial charge in [0.1, 0.15) is 12.3 Å². The number of hydrogen-bond donors (Lipinski definition) is 0. The first-order chi connectivity index (χ1) is 12.1. The van der Waals surface area contributed by atoms with Crippen LogP contribution in [0.4, 0.5) is 11.4 Å². The van der Waals surface area contributed by atoms with Crippen molar-refractivity contribution in [2.45, 2.75) is 25.9 Å². The Hall–Kier alpha value is -2.82. The van der Waals surface area contributed by atoms with E-state index >= 15 is 0 Å². The van der Waals surface area contributed by atoms with Gasteiger partial charge in [0.2, 0.25) is 5.91 Å². The van der Waals surface area contributed by atoms with Crippen LogP contribution in [0.1, 0.15) is 18.9 Å². The van der Waals surface area contributed by atoms with Crippen molar-refractivity contribution in [1.82, 2.24) is 0 Å². The van der Waals surface area contributed by atoms with Crippen LogP contribution < -0.4 is 14.5 Å². The number of amides is 2. The van der Waals surface area contributed by atoms with Crippen LogP contribution in [0.2, 0.25) is 0 Å². The fraction of sp³-hybridized carbons (Fsp3) is 0.300. The molecule has 5 nitrogen and oxygen atoms in total. The number of carbonyl (C=O) groups is 2. The van der Waals surface area contributed by atoms with E-state index in [2.05, 4.69) is 6.07 Å². The van der Waals surface area contributed by atoms with Gasteiger partial charge in [0.25, 0.3) is 5.91 Å². The normalized spacial score (nSPS) is 19.1. The van der Waals surface area contributed by atoms with Gasteiger partial charge in [0.05, 0.1) is 5.69 Å². The van der Waals surface area contributed by atoms with Crippen LogP contribution in [0.25, 0.3) is 0 Å². The van der Waals surface area contributed by atoms with E-state index in [1.807, 2.05) is 42.5 Å². The Balaban J connectivity index is 1.62. The molecule has 2 aliphatic rings. The number of nitrogens with zero attached hydrogens (tertiary/aromatic N) is 2. The third-order valence-electron chi connectivity index (χ3n) is 4.78. The maximum atomic E-state index is 13.0. The lowest BCUT2D eigenvalue weighted by molar-refractivity contribution is -0.127. The number of rotatable bonds is 2. The average molecular weight is 336 g/mol. The van der Waals surface area contributed by atoms with Gasteiger partial charge < -0.3 is 9.64 Å². The molecule has 2 aromatic rings. The first kappa shape index (κ1) is 15.7. The third kappa shape index (κ3) is 2.76. The summed E-state index contributed by atoms with van der Waals surface area (Å²) < 4.78 is 5.64. The zero-order valence-electron chi connectivity index (χ0n) is 14.1. The van der Waals surface area contributed by atoms with E-state index in [0.717, 1.165) is 18.5 Å². The van der Waals surface area contributed by atoms with Gasteiger partial charge in [-0.2, -0.15) is 0 Å². The van der Waals surface area contributed by atoms with Crippen LogP contribution in [0.15, 0.2) is 48.5 Å². The molecule has 25 heavy (non-hydrogen) atoms. The second-order valence-corrected chi connectivity index (χ2v) is 6.43. The summed E-state index contributed by atoms with van der Waals surface area (Å²) >= 11 is 0. The number of fused-ring (bicyclic) bond motifs is 2. The van der Waals surface area contributed by atoms with Gasteiger partial charge >= 0.3 is 0 Å². The largest absolute Gasteiger partial charge is 0.479 e. The molecule has 0 aromatic heterocycles. The molecular weight excluding hydrogens is 316 g/mol. The molecule has 1 atom stereocenters. The molecule has 0 N–H and O–H groups in total. The van der Waals surface area contributed by atoms with E-state index < -0.39 is 6.10 Å². The zero-order valence-corrected chi connectivity index (χ0v) is 14.1. The lowest BCUT2D eigenvalue weighted by atomic mass is 10.0. The second-order valence-electron chi connectivity index (χ2n) is 6.43. The third-order valence-corrected chi connectivity index (χ3v) is 4.78. The summed E-state index contributed by atoms with van der Waals surface area (Å²) in [6.07, 6.45) is 1.33. The van der Waals surface area contributed by atoms with Crippen molar-refractivity contribution in [3.05, 3.63) is 54.1 Å². The molecule has 0 bridgehead atoms. The van der Waals surface area contributed by atoms with E-state index in [9.17, 15) is 9.59 Å². The van der Waals surface area contributed by atoms with Gasteiger partial charge in [-0.25, -0.2) is 0 Å². The summed E-state index contributed by atoms with van der Waals surface area (Å²) in [4.78, 5) is 28.9. The Morgan fingerprint density at radius 2 is 1.84 bits per heavy atom. The fourth-order valence-electron chi connectivity index (χ4n) is 3.54. The van der Waals surface area contributed by atoms with E-state index in [1.54, 1.807) is 16.7 Å². The Morgan fingerprint density at radius 3 is 2.68 bits per heavy atom. The van der Waals surface area contributed by atoms with Crippen LogP contribution >= 0.6 is 0 Å². The molecule has 2 amide bonds. The smallest absolute Gasteiger partial charge is 0.268 e. The van der Waals surface area contributed by atoms with Crippen molar-refractivity contribution < 1.29 is 14.3 Å². The summed E-state index contributed by atoms with van der Waals surface area (Å²) in [6.45, 7) is 2.43. The highest BCUT2D eigenvalue weighted by Crippen LogP contribution is 2.34. The highest BCUT2D eigenvalue weighted by atomic mass is 16.5. The summed E-state index contributed by atoms with van der Waals surface area (Å²) in [5, 5.41) is 0. The molecule has 2 aliphatic heterocycles. The number of hydrogen-bond acceptors (Lipinski definition) is 3. The molecule has 0 saturated heterocycles. The molecule has 0 aliphatic carbocycles. The van der Waals surface area contributed by atoms with Crippen molar-refractivity contribution in [2.75, 3.05) is 22.9 Å². The van der Waals surface area contributed by atoms with E-state index in [4.69, 9.17) is 4.74 Å². The Morgan fingerprint density at radius 1 is 1.12 bits per heavy atom. The Labute approximate surface area is 146 Å². The van der Waals surface area contributed by atoms with Crippen molar-refractivity contribution in [3.63, 3.8) is 0 Å². The van der Waals surface area contributed by atoms with Crippen LogP contribution in [0, 0.1) is 0 Å². The molecular formula is C20H20N2O3. The standard InChI is InChI=1S/C20H20N2O3/c1-14-20(24)22(17-10-4-5-11-18(17)25-14)13-19(23)21-12-6-8-15-7-2-3-9-16(15)21/h2-5,7,9-11,14H,6,8,12-13H2,1H3/t14-/m1/s1. The highest BCUT2D eigenvalue weighted by molar-refractivity contribution is 6.07. The summed E-state index contributed by atoms with van der Waals surface area (Å²) in [5.74, 6) is 0.392. The number of ether oxygens (including phenoxy) is 1. The van der Waals surface area contributed by atoms with Crippen molar-refractivity contribution in [3.8, 4) is 5.75 Å². The van der Waals surface area contributed by atoms with Gasteiger partial charge in [-0.3, -0.25) is 14.5 Å². The monoisotopic (exact) mass is 336 g/mol. The van der Waals surface area contributed by atoms with Crippen molar-refractivity contribution in [1.29, 1.82) is 0 Å². The molecule has 2 aromatic carbocycles. The predicted octanol–water partition coefficient (Wildman–Crippen LogP) is 2.78. The van der Waals surface area contributed by atoms with Gasteiger partial charge in [-0.1, -0.05) is 30.3 Å². The molecule has 5 heteroatoms. The molecule has 128 valence electrons. The topological polar surface area (TPSA) is 49.9 Å². The van der Waals surface area contributed by atoms with Gasteiger partial charge in [0.15, 0.2) is 6.10 Å². The number of aryl methyl sites for hydroxylation is 1. The van der Waals surface area contributed by atoms with Gasteiger partial charge in [0, 0.05) is 12.2 Å². The number of carbonyl (C=O) groups excluding carboxylic acids is 2. The lowest BCUT2D eigenvalue weighted by Crippen LogP contribution is -2.50. The van der Waals surface area contributed by atoms with E-state index in [-0.39, 0.29) is 18.4 Å². The van der Waals surface area contributed by atoms with Crippen LogP contribution in [-0.4, -0.2) is 31.0 Å². The molecule has 2 heterocycles. The number of para-hydroxylation sites is 3. The van der Waals surface area contributed by atoms with Crippen molar-refractivity contribution >= 4 is 23.2 Å². The summed E-state index contributed by atoms with van der Waals surface area (Å²) in [5.41, 5.74) is 2.80. The fourth-order valence-corrected chi connectivity index (χ4v) is 3.54. The minimum atomic E-state index is -0.587. The molecule has 0 spiro atoms. The molecule has 0 saturated carbocycles. The average Bonchev–Trinajstić information content (AvgIpc) is 2.64. The first-order valence-corrected chi connectivity index (χ1v) is 8.60. The number of benzene rings is 2. The Bertz CT molecular complexity index is 833. The highest BCUT2D eigenvalue weighted by Gasteiger charge is 2.34. The minimum Gasteiger partial charge on any atom is -0.479 e. The Kier molecular flexibility index (Phi) is 3.92. The van der Waals surface area contributed by atoms with Crippen LogP contribution in [0.3, 0.4) is 0 Å². The SMILES string of the molecule is C[C@H]1Oc2ccccc2N(CC(=O)N2CCCc3ccccc32)C1=O. The van der Waals surface area contributed by atoms with E-state index in [0.29, 0.717) is 18.0 Å². The zero-order chi connectivity index (χ0) is 17.4. The van der Waals surface area contributed by atoms with Crippen LogP contribution in [-0.2, 0) is 16.0 Å².